The van der Waals surface area contributed by atoms with Gasteiger partial charge in [0.2, 0.25) is 0 Å². The molecule has 0 bridgehead atoms. The quantitative estimate of drug-likeness (QED) is 0.618. The SMILES string of the molecule is CN(Cc1ccccc1F)C(=O)Nc1ccc(Oc2ccc(S(C)(=O)=O)cc2)cc1. The monoisotopic (exact) mass is 428 g/mol. The van der Waals surface area contributed by atoms with Gasteiger partial charge in [-0.15, -0.1) is 0 Å². The van der Waals surface area contributed by atoms with Crippen LogP contribution < -0.4 is 10.1 Å². The summed E-state index contributed by atoms with van der Waals surface area (Å²) < 4.78 is 42.4. The molecule has 0 fully saturated rings. The molecule has 3 rings (SSSR count). The van der Waals surface area contributed by atoms with Gasteiger partial charge in [-0.25, -0.2) is 17.6 Å². The van der Waals surface area contributed by atoms with Crippen LogP contribution in [0.2, 0.25) is 0 Å². The van der Waals surface area contributed by atoms with E-state index in [1.165, 1.54) is 23.1 Å². The first kappa shape index (κ1) is 21.3. The van der Waals surface area contributed by atoms with Crippen LogP contribution in [-0.4, -0.2) is 32.7 Å². The van der Waals surface area contributed by atoms with Crippen LogP contribution >= 0.6 is 0 Å². The third kappa shape index (κ3) is 5.57. The minimum Gasteiger partial charge on any atom is -0.457 e. The van der Waals surface area contributed by atoms with Gasteiger partial charge in [0.25, 0.3) is 0 Å². The van der Waals surface area contributed by atoms with Gasteiger partial charge in [-0.05, 0) is 54.6 Å². The maximum Gasteiger partial charge on any atom is 0.321 e. The van der Waals surface area contributed by atoms with Crippen LogP contribution in [0, 0.1) is 5.82 Å². The lowest BCUT2D eigenvalue weighted by Crippen LogP contribution is -2.31. The number of amides is 2. The predicted molar refractivity (Wildman–Crippen MR) is 113 cm³/mol. The van der Waals surface area contributed by atoms with Crippen molar-refractivity contribution >= 4 is 21.6 Å². The smallest absolute Gasteiger partial charge is 0.321 e. The molecule has 0 aliphatic rings. The molecule has 0 aromatic heterocycles. The standard InChI is InChI=1S/C22H21FN2O4S/c1-25(15-16-5-3-4-6-21(16)23)22(26)24-17-7-9-18(10-8-17)29-19-11-13-20(14-12-19)30(2,27)28/h3-14H,15H2,1-2H3,(H,24,26). The molecule has 0 saturated heterocycles. The van der Waals surface area contributed by atoms with Gasteiger partial charge in [-0.1, -0.05) is 18.2 Å². The molecule has 0 heterocycles. The largest absolute Gasteiger partial charge is 0.457 e. The molecule has 2 amide bonds. The molecule has 156 valence electrons. The van der Waals surface area contributed by atoms with E-state index in [9.17, 15) is 17.6 Å². The Labute approximate surface area is 174 Å². The molecular formula is C22H21FN2O4S. The number of ether oxygens (including phenoxy) is 1. The zero-order chi connectivity index (χ0) is 21.7. The number of carbonyl (C=O) groups excluding carboxylic acids is 1. The zero-order valence-corrected chi connectivity index (χ0v) is 17.3. The van der Waals surface area contributed by atoms with Crippen molar-refractivity contribution in [1.29, 1.82) is 0 Å². The van der Waals surface area contributed by atoms with Crippen molar-refractivity contribution in [2.45, 2.75) is 11.4 Å². The summed E-state index contributed by atoms with van der Waals surface area (Å²) in [6, 6.07) is 18.7. The molecule has 0 saturated carbocycles. The van der Waals surface area contributed by atoms with Crippen LogP contribution in [0.4, 0.5) is 14.9 Å². The van der Waals surface area contributed by atoms with Gasteiger partial charge >= 0.3 is 6.03 Å². The van der Waals surface area contributed by atoms with E-state index in [1.807, 2.05) is 0 Å². The first-order valence-electron chi connectivity index (χ1n) is 9.06. The first-order valence-corrected chi connectivity index (χ1v) is 10.9. The number of halogens is 1. The lowest BCUT2D eigenvalue weighted by Gasteiger charge is -2.18. The average Bonchev–Trinajstić information content (AvgIpc) is 2.71. The molecule has 0 atom stereocenters. The Bertz CT molecular complexity index is 1130. The molecule has 3 aromatic carbocycles. The summed E-state index contributed by atoms with van der Waals surface area (Å²) in [5.41, 5.74) is 0.987. The fourth-order valence-corrected chi connectivity index (χ4v) is 3.30. The Morgan fingerprint density at radius 2 is 1.53 bits per heavy atom. The van der Waals surface area contributed by atoms with E-state index in [-0.39, 0.29) is 23.3 Å². The second-order valence-corrected chi connectivity index (χ2v) is 8.76. The minimum atomic E-state index is -3.26. The number of hydrogen-bond donors (Lipinski definition) is 1. The van der Waals surface area contributed by atoms with E-state index in [2.05, 4.69) is 5.32 Å². The third-order valence-electron chi connectivity index (χ3n) is 4.31. The van der Waals surface area contributed by atoms with Crippen LogP contribution in [-0.2, 0) is 16.4 Å². The van der Waals surface area contributed by atoms with E-state index < -0.39 is 9.84 Å². The molecule has 0 unspecified atom stereocenters. The Morgan fingerprint density at radius 3 is 2.10 bits per heavy atom. The molecule has 0 radical (unpaired) electrons. The molecule has 8 heteroatoms. The van der Waals surface area contributed by atoms with Crippen LogP contribution in [0.1, 0.15) is 5.56 Å². The number of benzene rings is 3. The number of carbonyl (C=O) groups is 1. The number of rotatable bonds is 6. The molecule has 0 aliphatic heterocycles. The molecule has 6 nitrogen and oxygen atoms in total. The zero-order valence-electron chi connectivity index (χ0n) is 16.5. The van der Waals surface area contributed by atoms with Gasteiger partial charge in [0.15, 0.2) is 9.84 Å². The number of anilines is 1. The van der Waals surface area contributed by atoms with Gasteiger partial charge in [0, 0.05) is 31.1 Å². The summed E-state index contributed by atoms with van der Waals surface area (Å²) in [4.78, 5) is 13.9. The van der Waals surface area contributed by atoms with Gasteiger partial charge in [0.1, 0.15) is 17.3 Å². The first-order chi connectivity index (χ1) is 14.2. The lowest BCUT2D eigenvalue weighted by molar-refractivity contribution is 0.220. The summed E-state index contributed by atoms with van der Waals surface area (Å²) in [6.07, 6.45) is 1.14. The molecule has 30 heavy (non-hydrogen) atoms. The molecule has 0 aliphatic carbocycles. The maximum absolute atomic E-state index is 13.7. The summed E-state index contributed by atoms with van der Waals surface area (Å²) in [6.45, 7) is 0.142. The van der Waals surface area contributed by atoms with Gasteiger partial charge in [-0.2, -0.15) is 0 Å². The van der Waals surface area contributed by atoms with E-state index >= 15 is 0 Å². The van der Waals surface area contributed by atoms with Crippen LogP contribution in [0.25, 0.3) is 0 Å². The van der Waals surface area contributed by atoms with E-state index in [1.54, 1.807) is 61.6 Å². The van der Waals surface area contributed by atoms with E-state index in [0.717, 1.165) is 6.26 Å². The number of nitrogens with zero attached hydrogens (tertiary/aromatic N) is 1. The van der Waals surface area contributed by atoms with E-state index in [0.29, 0.717) is 22.7 Å². The average molecular weight is 428 g/mol. The number of hydrogen-bond acceptors (Lipinski definition) is 4. The Balaban J connectivity index is 1.58. The van der Waals surface area contributed by atoms with Crippen LogP contribution in [0.3, 0.4) is 0 Å². The second kappa shape index (κ2) is 8.96. The van der Waals surface area contributed by atoms with Gasteiger partial charge in [0.05, 0.1) is 4.90 Å². The minimum absolute atomic E-state index is 0.142. The maximum atomic E-state index is 13.7. The molecule has 1 N–H and O–H groups in total. The Kier molecular flexibility index (Phi) is 6.37. The highest BCUT2D eigenvalue weighted by atomic mass is 32.2. The molecule has 3 aromatic rings. The highest BCUT2D eigenvalue weighted by molar-refractivity contribution is 7.90. The fraction of sp³-hybridized carbons (Fsp3) is 0.136. The second-order valence-electron chi connectivity index (χ2n) is 6.75. The van der Waals surface area contributed by atoms with Crippen molar-refractivity contribution < 1.29 is 22.3 Å². The van der Waals surface area contributed by atoms with Crippen LogP contribution in [0.5, 0.6) is 11.5 Å². The Morgan fingerprint density at radius 1 is 0.967 bits per heavy atom. The third-order valence-corrected chi connectivity index (χ3v) is 5.43. The van der Waals surface area contributed by atoms with Crippen molar-refractivity contribution in [2.24, 2.45) is 0 Å². The fourth-order valence-electron chi connectivity index (χ4n) is 2.67. The van der Waals surface area contributed by atoms with Crippen molar-refractivity contribution in [2.75, 3.05) is 18.6 Å². The number of nitrogens with one attached hydrogen (secondary N) is 1. The number of urea groups is 1. The summed E-state index contributed by atoms with van der Waals surface area (Å²) in [5, 5.41) is 2.74. The van der Waals surface area contributed by atoms with Crippen molar-refractivity contribution in [3.8, 4) is 11.5 Å². The van der Waals surface area contributed by atoms with Crippen LogP contribution in [0.15, 0.2) is 77.7 Å². The number of sulfone groups is 1. The van der Waals surface area contributed by atoms with Gasteiger partial charge < -0.3 is 15.0 Å². The molecular weight excluding hydrogens is 407 g/mol. The highest BCUT2D eigenvalue weighted by Crippen LogP contribution is 2.24. The van der Waals surface area contributed by atoms with Gasteiger partial charge in [-0.3, -0.25) is 0 Å². The van der Waals surface area contributed by atoms with Crippen molar-refractivity contribution in [3.63, 3.8) is 0 Å². The van der Waals surface area contributed by atoms with E-state index in [4.69, 9.17) is 4.74 Å². The lowest BCUT2D eigenvalue weighted by atomic mass is 10.2. The highest BCUT2D eigenvalue weighted by Gasteiger charge is 2.12. The predicted octanol–water partition coefficient (Wildman–Crippen LogP) is 4.69. The summed E-state index contributed by atoms with van der Waals surface area (Å²) in [5.74, 6) is 0.659. The van der Waals surface area contributed by atoms with Crippen molar-refractivity contribution in [3.05, 3.63) is 84.2 Å². The van der Waals surface area contributed by atoms with Crippen molar-refractivity contribution in [1.82, 2.24) is 4.90 Å². The summed E-state index contributed by atoms with van der Waals surface area (Å²) in [7, 11) is -1.68. The Hall–Kier alpha value is -3.39. The topological polar surface area (TPSA) is 75.7 Å². The summed E-state index contributed by atoms with van der Waals surface area (Å²) >= 11 is 0. The normalized spacial score (nSPS) is 11.0. The molecule has 0 spiro atoms.